The summed E-state index contributed by atoms with van der Waals surface area (Å²) in [4.78, 5) is 21.1. The number of benzene rings is 3. The number of para-hydroxylation sites is 1. The Balaban J connectivity index is 1.27. The molecule has 2 fully saturated rings. The molecule has 5 aromatic rings. The number of aromatic nitrogens is 3. The summed E-state index contributed by atoms with van der Waals surface area (Å²) in [7, 11) is 1.85. The minimum atomic E-state index is -0.141. The Morgan fingerprint density at radius 1 is 0.833 bits per heavy atom. The van der Waals surface area contributed by atoms with Gasteiger partial charge in [0.2, 0.25) is 11.8 Å². The van der Waals surface area contributed by atoms with Gasteiger partial charge in [-0.15, -0.1) is 0 Å². The molecule has 0 bridgehead atoms. The van der Waals surface area contributed by atoms with E-state index in [1.807, 2.05) is 85.9 Å². The Kier molecular flexibility index (Phi) is 6.91. The number of aryl methyl sites for hydroxylation is 1. The van der Waals surface area contributed by atoms with Gasteiger partial charge >= 0.3 is 5.69 Å². The third kappa shape index (κ3) is 4.92. The summed E-state index contributed by atoms with van der Waals surface area (Å²) in [6.45, 7) is 4.83. The summed E-state index contributed by atoms with van der Waals surface area (Å²) in [5, 5.41) is 3.55. The highest BCUT2D eigenvalue weighted by Gasteiger charge is 2.41. The summed E-state index contributed by atoms with van der Waals surface area (Å²) in [5.41, 5.74) is 5.67. The first kappa shape index (κ1) is 26.3. The summed E-state index contributed by atoms with van der Waals surface area (Å²) in [6, 6.07) is 29.8. The smallest absolute Gasteiger partial charge is 0.333 e. The fourth-order valence-corrected chi connectivity index (χ4v) is 6.40. The lowest BCUT2D eigenvalue weighted by Gasteiger charge is -2.24. The second kappa shape index (κ2) is 11.0. The maximum absolute atomic E-state index is 13.9. The molecular formula is C34H35N5O3. The highest BCUT2D eigenvalue weighted by molar-refractivity contribution is 5.91. The molecule has 2 aliphatic heterocycles. The van der Waals surface area contributed by atoms with Gasteiger partial charge in [0.1, 0.15) is 18.9 Å². The van der Waals surface area contributed by atoms with Crippen molar-refractivity contribution in [1.82, 2.24) is 19.4 Å². The average Bonchev–Trinajstić information content (AvgIpc) is 3.75. The van der Waals surface area contributed by atoms with Crippen LogP contribution in [0.25, 0.3) is 16.7 Å². The fraction of sp³-hybridized carbons (Fsp3) is 0.294. The van der Waals surface area contributed by atoms with E-state index in [-0.39, 0.29) is 5.69 Å². The van der Waals surface area contributed by atoms with Gasteiger partial charge in [-0.1, -0.05) is 66.7 Å². The van der Waals surface area contributed by atoms with E-state index in [9.17, 15) is 4.79 Å². The monoisotopic (exact) mass is 561 g/mol. The van der Waals surface area contributed by atoms with Gasteiger partial charge in [-0.25, -0.2) is 4.79 Å². The zero-order valence-electron chi connectivity index (χ0n) is 23.8. The zero-order chi connectivity index (χ0) is 28.5. The number of pyridine rings is 1. The summed E-state index contributed by atoms with van der Waals surface area (Å²) >= 11 is 0. The first-order valence-corrected chi connectivity index (χ1v) is 14.6. The van der Waals surface area contributed by atoms with Crippen LogP contribution in [0.4, 0.5) is 5.69 Å². The van der Waals surface area contributed by atoms with E-state index in [2.05, 4.69) is 16.3 Å². The normalized spacial score (nSPS) is 18.3. The molecule has 0 amide bonds. The van der Waals surface area contributed by atoms with Gasteiger partial charge in [0.05, 0.1) is 16.7 Å². The second-order valence-electron chi connectivity index (χ2n) is 11.4. The number of anilines is 1. The van der Waals surface area contributed by atoms with Crippen LogP contribution in [0.1, 0.15) is 24.0 Å². The molecule has 2 aromatic heterocycles. The van der Waals surface area contributed by atoms with E-state index in [1.54, 1.807) is 15.2 Å². The molecule has 1 unspecified atom stereocenters. The Labute approximate surface area is 245 Å². The van der Waals surface area contributed by atoms with Crippen LogP contribution in [-0.4, -0.2) is 40.3 Å². The van der Waals surface area contributed by atoms with Gasteiger partial charge < -0.3 is 19.7 Å². The van der Waals surface area contributed by atoms with E-state index in [1.165, 1.54) is 6.42 Å². The van der Waals surface area contributed by atoms with Gasteiger partial charge in [-0.05, 0) is 48.7 Å². The fourth-order valence-electron chi connectivity index (χ4n) is 6.40. The molecule has 0 radical (unpaired) electrons. The molecule has 214 valence electrons. The molecule has 0 aliphatic carbocycles. The third-order valence-electron chi connectivity index (χ3n) is 8.66. The number of rotatable bonds is 8. The number of fused-ring (bicyclic) bond motifs is 1. The molecule has 1 spiro atoms. The van der Waals surface area contributed by atoms with Crippen molar-refractivity contribution in [2.45, 2.75) is 26.1 Å². The molecule has 42 heavy (non-hydrogen) atoms. The van der Waals surface area contributed by atoms with E-state index < -0.39 is 0 Å². The molecule has 1 atom stereocenters. The topological polar surface area (TPSA) is 73.5 Å². The molecule has 2 aliphatic rings. The lowest BCUT2D eigenvalue weighted by molar-refractivity contribution is 0.267. The first-order valence-electron chi connectivity index (χ1n) is 14.6. The van der Waals surface area contributed by atoms with E-state index in [0.717, 1.165) is 60.4 Å². The Morgan fingerprint density at radius 2 is 1.57 bits per heavy atom. The molecule has 7 rings (SSSR count). The van der Waals surface area contributed by atoms with E-state index >= 15 is 0 Å². The largest absolute Gasteiger partial charge is 0.473 e. The van der Waals surface area contributed by atoms with Crippen molar-refractivity contribution in [3.63, 3.8) is 0 Å². The Hall–Kier alpha value is -4.56. The summed E-state index contributed by atoms with van der Waals surface area (Å²) in [6.07, 6.45) is 2.36. The number of imidazole rings is 1. The predicted molar refractivity (Wildman–Crippen MR) is 165 cm³/mol. The lowest BCUT2D eigenvalue weighted by Crippen LogP contribution is -2.29. The standard InChI is InChI=1S/C34H35N5O3/c1-37-31-27(38-20-18-34(24-38)17-19-35-23-34)13-8-14-28(31)39(33(37)40)29-15-16-30(41-21-25-9-4-2-5-10-25)36-32(29)42-22-26-11-6-3-7-12-26/h2-16,35H,17-24H2,1H3. The molecule has 1 N–H and O–H groups in total. The van der Waals surface area contributed by atoms with Crippen LogP contribution in [0, 0.1) is 5.41 Å². The number of ether oxygens (including phenoxy) is 2. The molecule has 4 heterocycles. The number of hydrogen-bond acceptors (Lipinski definition) is 6. The number of nitrogens with one attached hydrogen (secondary N) is 1. The van der Waals surface area contributed by atoms with E-state index in [0.29, 0.717) is 36.1 Å². The zero-order valence-corrected chi connectivity index (χ0v) is 23.8. The maximum Gasteiger partial charge on any atom is 0.333 e. The Morgan fingerprint density at radius 3 is 2.29 bits per heavy atom. The van der Waals surface area contributed by atoms with Crippen LogP contribution < -0.4 is 25.4 Å². The molecule has 2 saturated heterocycles. The van der Waals surface area contributed by atoms with Crippen molar-refractivity contribution in [3.05, 3.63) is 113 Å². The van der Waals surface area contributed by atoms with Crippen molar-refractivity contribution >= 4 is 16.7 Å². The summed E-state index contributed by atoms with van der Waals surface area (Å²) < 4.78 is 15.8. The van der Waals surface area contributed by atoms with Gasteiger partial charge in [0, 0.05) is 38.2 Å². The molecule has 0 saturated carbocycles. The second-order valence-corrected chi connectivity index (χ2v) is 11.4. The van der Waals surface area contributed by atoms with Crippen molar-refractivity contribution in [1.29, 1.82) is 0 Å². The highest BCUT2D eigenvalue weighted by atomic mass is 16.5. The van der Waals surface area contributed by atoms with Gasteiger partial charge in [-0.3, -0.25) is 9.13 Å². The van der Waals surface area contributed by atoms with Gasteiger partial charge in [0.25, 0.3) is 0 Å². The molecule has 8 heteroatoms. The molecule has 3 aromatic carbocycles. The highest BCUT2D eigenvalue weighted by Crippen LogP contribution is 2.40. The Bertz CT molecular complexity index is 1760. The predicted octanol–water partition coefficient (Wildman–Crippen LogP) is 5.07. The minimum Gasteiger partial charge on any atom is -0.473 e. The van der Waals surface area contributed by atoms with Crippen LogP contribution in [-0.2, 0) is 20.3 Å². The van der Waals surface area contributed by atoms with Crippen molar-refractivity contribution in [3.8, 4) is 17.4 Å². The SMILES string of the molecule is Cn1c(=O)n(-c2ccc(OCc3ccccc3)nc2OCc2ccccc2)c2cccc(N3CCC4(CCNC4)C3)c21. The van der Waals surface area contributed by atoms with Crippen LogP contribution in [0.2, 0.25) is 0 Å². The average molecular weight is 562 g/mol. The lowest BCUT2D eigenvalue weighted by atomic mass is 9.86. The minimum absolute atomic E-state index is 0.141. The van der Waals surface area contributed by atoms with Crippen LogP contribution in [0.3, 0.4) is 0 Å². The molecule has 8 nitrogen and oxygen atoms in total. The van der Waals surface area contributed by atoms with Crippen molar-refractivity contribution in [2.24, 2.45) is 12.5 Å². The number of hydrogen-bond donors (Lipinski definition) is 1. The van der Waals surface area contributed by atoms with Crippen molar-refractivity contribution in [2.75, 3.05) is 31.1 Å². The summed E-state index contributed by atoms with van der Waals surface area (Å²) in [5.74, 6) is 0.786. The maximum atomic E-state index is 13.9. The van der Waals surface area contributed by atoms with Gasteiger partial charge in [-0.2, -0.15) is 4.98 Å². The molecular weight excluding hydrogens is 526 g/mol. The van der Waals surface area contributed by atoms with Gasteiger partial charge in [0.15, 0.2) is 0 Å². The van der Waals surface area contributed by atoms with Crippen molar-refractivity contribution < 1.29 is 9.47 Å². The third-order valence-corrected chi connectivity index (χ3v) is 8.66. The first-order chi connectivity index (χ1) is 20.6. The van der Waals surface area contributed by atoms with Crippen LogP contribution in [0.5, 0.6) is 11.8 Å². The number of nitrogens with zero attached hydrogens (tertiary/aromatic N) is 4. The van der Waals surface area contributed by atoms with Crippen LogP contribution in [0.15, 0.2) is 95.8 Å². The van der Waals surface area contributed by atoms with Crippen LogP contribution >= 0.6 is 0 Å². The quantitative estimate of drug-likeness (QED) is 0.285. The van der Waals surface area contributed by atoms with E-state index in [4.69, 9.17) is 14.5 Å².